The molecule has 0 bridgehead atoms. The molecule has 2 aromatic carbocycles. The van der Waals surface area contributed by atoms with E-state index in [1.165, 1.54) is 0 Å². The number of nitrogens with zero attached hydrogens (tertiary/aromatic N) is 1. The third-order valence-corrected chi connectivity index (χ3v) is 3.52. The average molecular weight is 265 g/mol. The maximum atomic E-state index is 12.6. The minimum absolute atomic E-state index is 0.0440. The second-order valence-electron chi connectivity index (χ2n) is 4.66. The number of ketones is 1. The molecule has 0 atom stereocenters. The highest BCUT2D eigenvalue weighted by atomic mass is 16.3. The molecule has 1 N–H and O–H groups in total. The zero-order valence-corrected chi connectivity index (χ0v) is 11.2. The van der Waals surface area contributed by atoms with Crippen LogP contribution in [0.5, 0.6) is 5.88 Å². The summed E-state index contributed by atoms with van der Waals surface area (Å²) in [6, 6.07) is 16.6. The summed E-state index contributed by atoms with van der Waals surface area (Å²) < 4.78 is 1.76. The molecule has 0 amide bonds. The van der Waals surface area contributed by atoms with Crippen molar-refractivity contribution in [2.45, 2.75) is 13.5 Å². The van der Waals surface area contributed by atoms with E-state index in [0.29, 0.717) is 17.7 Å². The van der Waals surface area contributed by atoms with Crippen LogP contribution in [0.15, 0.2) is 54.6 Å². The number of carbonyl (C=O) groups is 1. The Bertz CT molecular complexity index is 772. The van der Waals surface area contributed by atoms with Crippen LogP contribution in [0.4, 0.5) is 0 Å². The number of carbonyl (C=O) groups excluding carboxylic acids is 1. The van der Waals surface area contributed by atoms with Crippen LogP contribution in [-0.2, 0) is 6.54 Å². The first-order valence-corrected chi connectivity index (χ1v) is 6.64. The van der Waals surface area contributed by atoms with Gasteiger partial charge in [0.1, 0.15) is 0 Å². The van der Waals surface area contributed by atoms with Gasteiger partial charge in [0.25, 0.3) is 0 Å². The third kappa shape index (κ3) is 1.79. The molecule has 3 aromatic rings. The van der Waals surface area contributed by atoms with Crippen molar-refractivity contribution >= 4 is 16.7 Å². The Morgan fingerprint density at radius 3 is 2.40 bits per heavy atom. The summed E-state index contributed by atoms with van der Waals surface area (Å²) in [6.45, 7) is 2.57. The fourth-order valence-electron chi connectivity index (χ4n) is 2.57. The van der Waals surface area contributed by atoms with Gasteiger partial charge in [-0.3, -0.25) is 4.79 Å². The molecule has 0 radical (unpaired) electrons. The van der Waals surface area contributed by atoms with E-state index in [0.717, 1.165) is 10.9 Å². The lowest BCUT2D eigenvalue weighted by Crippen LogP contribution is -2.01. The van der Waals surface area contributed by atoms with E-state index in [9.17, 15) is 9.90 Å². The highest BCUT2D eigenvalue weighted by molar-refractivity contribution is 6.18. The highest BCUT2D eigenvalue weighted by Gasteiger charge is 2.22. The Morgan fingerprint density at radius 1 is 1.05 bits per heavy atom. The summed E-state index contributed by atoms with van der Waals surface area (Å²) in [4.78, 5) is 12.6. The van der Waals surface area contributed by atoms with Gasteiger partial charge >= 0.3 is 0 Å². The molecule has 0 saturated heterocycles. The zero-order valence-electron chi connectivity index (χ0n) is 11.2. The second kappa shape index (κ2) is 4.85. The number of aromatic hydroxyl groups is 1. The van der Waals surface area contributed by atoms with Crippen molar-refractivity contribution in [2.24, 2.45) is 0 Å². The van der Waals surface area contributed by atoms with E-state index in [-0.39, 0.29) is 11.7 Å². The molecule has 0 spiro atoms. The SMILES string of the molecule is CCn1c(O)c(C(=O)c2ccccc2)c2ccccc21. The lowest BCUT2D eigenvalue weighted by molar-refractivity contribution is 0.103. The molecule has 3 heteroatoms. The number of aryl methyl sites for hydroxylation is 1. The first kappa shape index (κ1) is 12.5. The minimum Gasteiger partial charge on any atom is -0.494 e. The molecule has 1 heterocycles. The van der Waals surface area contributed by atoms with E-state index >= 15 is 0 Å². The fraction of sp³-hybridized carbons (Fsp3) is 0.118. The van der Waals surface area contributed by atoms with Crippen LogP contribution < -0.4 is 0 Å². The van der Waals surface area contributed by atoms with Gasteiger partial charge < -0.3 is 9.67 Å². The van der Waals surface area contributed by atoms with Crippen molar-refractivity contribution in [3.8, 4) is 5.88 Å². The molecular weight excluding hydrogens is 250 g/mol. The van der Waals surface area contributed by atoms with Crippen LogP contribution in [0.1, 0.15) is 22.8 Å². The van der Waals surface area contributed by atoms with Crippen molar-refractivity contribution in [3.05, 3.63) is 65.7 Å². The molecule has 0 saturated carbocycles. The summed E-state index contributed by atoms with van der Waals surface area (Å²) in [5.41, 5.74) is 1.85. The zero-order chi connectivity index (χ0) is 14.1. The van der Waals surface area contributed by atoms with Gasteiger partial charge in [-0.15, -0.1) is 0 Å². The monoisotopic (exact) mass is 265 g/mol. The Balaban J connectivity index is 2.27. The van der Waals surface area contributed by atoms with Crippen molar-refractivity contribution in [1.82, 2.24) is 4.57 Å². The molecular formula is C17H15NO2. The maximum Gasteiger partial charge on any atom is 0.203 e. The molecule has 100 valence electrons. The summed E-state index contributed by atoms with van der Waals surface area (Å²) in [5.74, 6) is -0.103. The van der Waals surface area contributed by atoms with Gasteiger partial charge in [0.15, 0.2) is 5.78 Å². The number of rotatable bonds is 3. The fourth-order valence-corrected chi connectivity index (χ4v) is 2.57. The van der Waals surface area contributed by atoms with Gasteiger partial charge in [0.2, 0.25) is 5.88 Å². The number of benzene rings is 2. The number of fused-ring (bicyclic) bond motifs is 1. The number of hydrogen-bond acceptors (Lipinski definition) is 2. The molecule has 3 nitrogen and oxygen atoms in total. The Morgan fingerprint density at radius 2 is 1.70 bits per heavy atom. The Hall–Kier alpha value is -2.55. The van der Waals surface area contributed by atoms with E-state index in [2.05, 4.69) is 0 Å². The smallest absolute Gasteiger partial charge is 0.203 e. The highest BCUT2D eigenvalue weighted by Crippen LogP contribution is 2.32. The Labute approximate surface area is 117 Å². The maximum absolute atomic E-state index is 12.6. The molecule has 20 heavy (non-hydrogen) atoms. The second-order valence-corrected chi connectivity index (χ2v) is 4.66. The summed E-state index contributed by atoms with van der Waals surface area (Å²) in [6.07, 6.45) is 0. The molecule has 0 fully saturated rings. The Kier molecular flexibility index (Phi) is 3.03. The summed E-state index contributed by atoms with van der Waals surface area (Å²) in [7, 11) is 0. The minimum atomic E-state index is -0.147. The van der Waals surface area contributed by atoms with E-state index in [4.69, 9.17) is 0 Å². The van der Waals surface area contributed by atoms with Gasteiger partial charge in [-0.05, 0) is 13.0 Å². The van der Waals surface area contributed by atoms with Crippen LogP contribution in [0.2, 0.25) is 0 Å². The number of para-hydroxylation sites is 1. The first-order chi connectivity index (χ1) is 9.74. The molecule has 0 aliphatic carbocycles. The van der Waals surface area contributed by atoms with Crippen molar-refractivity contribution in [3.63, 3.8) is 0 Å². The molecule has 0 aliphatic heterocycles. The van der Waals surface area contributed by atoms with E-state index in [1.807, 2.05) is 49.4 Å². The summed E-state index contributed by atoms with van der Waals surface area (Å²) >= 11 is 0. The molecule has 3 rings (SSSR count). The van der Waals surface area contributed by atoms with E-state index in [1.54, 1.807) is 16.7 Å². The molecule has 0 unspecified atom stereocenters. The van der Waals surface area contributed by atoms with Gasteiger partial charge in [-0.25, -0.2) is 0 Å². The predicted molar refractivity (Wildman–Crippen MR) is 79.2 cm³/mol. The van der Waals surface area contributed by atoms with Gasteiger partial charge in [-0.1, -0.05) is 48.5 Å². The number of aromatic nitrogens is 1. The average Bonchev–Trinajstić information content (AvgIpc) is 2.79. The standard InChI is InChI=1S/C17H15NO2/c1-2-18-14-11-7-6-10-13(14)15(17(18)20)16(19)12-8-4-3-5-9-12/h3-11,20H,2H2,1H3. The lowest BCUT2D eigenvalue weighted by Gasteiger charge is -2.03. The van der Waals surface area contributed by atoms with Crippen molar-refractivity contribution in [1.29, 1.82) is 0 Å². The van der Waals surface area contributed by atoms with Crippen molar-refractivity contribution < 1.29 is 9.90 Å². The van der Waals surface area contributed by atoms with Crippen LogP contribution in [-0.4, -0.2) is 15.5 Å². The van der Waals surface area contributed by atoms with Gasteiger partial charge in [-0.2, -0.15) is 0 Å². The molecule has 0 aliphatic rings. The van der Waals surface area contributed by atoms with Crippen molar-refractivity contribution in [2.75, 3.05) is 0 Å². The van der Waals surface area contributed by atoms with Crippen LogP contribution in [0, 0.1) is 0 Å². The largest absolute Gasteiger partial charge is 0.494 e. The van der Waals surface area contributed by atoms with Crippen LogP contribution in [0.25, 0.3) is 10.9 Å². The van der Waals surface area contributed by atoms with Crippen LogP contribution >= 0.6 is 0 Å². The normalized spacial score (nSPS) is 10.8. The number of hydrogen-bond donors (Lipinski definition) is 1. The van der Waals surface area contributed by atoms with Gasteiger partial charge in [0.05, 0.1) is 11.1 Å². The van der Waals surface area contributed by atoms with Gasteiger partial charge in [0, 0.05) is 17.5 Å². The summed E-state index contributed by atoms with van der Waals surface area (Å²) in [5, 5.41) is 11.2. The molecule has 1 aromatic heterocycles. The quantitative estimate of drug-likeness (QED) is 0.735. The topological polar surface area (TPSA) is 42.2 Å². The van der Waals surface area contributed by atoms with E-state index < -0.39 is 0 Å². The van der Waals surface area contributed by atoms with Crippen LogP contribution in [0.3, 0.4) is 0 Å². The lowest BCUT2D eigenvalue weighted by atomic mass is 10.0. The third-order valence-electron chi connectivity index (χ3n) is 3.52. The predicted octanol–water partition coefficient (Wildman–Crippen LogP) is 3.60. The first-order valence-electron chi connectivity index (χ1n) is 6.64.